The summed E-state index contributed by atoms with van der Waals surface area (Å²) in [6.45, 7) is -3.52. The van der Waals surface area contributed by atoms with E-state index in [2.05, 4.69) is 9.73 Å². The summed E-state index contributed by atoms with van der Waals surface area (Å²) in [5.74, 6) is -0.643. The van der Waals surface area contributed by atoms with Crippen LogP contribution in [0.3, 0.4) is 0 Å². The number of allylic oxidation sites excluding steroid dienone is 1. The van der Waals surface area contributed by atoms with Crippen molar-refractivity contribution in [3.8, 4) is 5.75 Å². The Balaban J connectivity index is 2.15. The lowest BCUT2D eigenvalue weighted by Crippen LogP contribution is -2.41. The van der Waals surface area contributed by atoms with Crippen molar-refractivity contribution in [1.82, 2.24) is 4.90 Å². The number of aliphatic imine (C=N–C) groups is 1. The normalized spacial score (nSPS) is 19.1. The Labute approximate surface area is 176 Å². The second-order valence-electron chi connectivity index (χ2n) is 6.57. The smallest absolute Gasteiger partial charge is 0.387 e. The molecular formula is C21H19ClF3N3O2. The van der Waals surface area contributed by atoms with Crippen LogP contribution in [-0.4, -0.2) is 37.1 Å². The maximum atomic E-state index is 13.3. The van der Waals surface area contributed by atoms with Crippen LogP contribution in [0.1, 0.15) is 23.1 Å². The Morgan fingerprint density at radius 1 is 1.27 bits per heavy atom. The fourth-order valence-corrected chi connectivity index (χ4v) is 3.48. The molecule has 1 atom stereocenters. The van der Waals surface area contributed by atoms with Crippen molar-refractivity contribution in [2.24, 2.45) is 10.7 Å². The van der Waals surface area contributed by atoms with Crippen molar-refractivity contribution in [2.75, 3.05) is 13.7 Å². The first-order valence-electron chi connectivity index (χ1n) is 9.01. The molecule has 2 aromatic carbocycles. The number of alkyl halides is 3. The second kappa shape index (κ2) is 8.79. The molecule has 1 aliphatic rings. The number of benzene rings is 2. The molecule has 1 heterocycles. The van der Waals surface area contributed by atoms with E-state index in [9.17, 15) is 18.0 Å². The molecule has 0 saturated carbocycles. The van der Waals surface area contributed by atoms with Crippen LogP contribution in [0, 0.1) is 0 Å². The minimum atomic E-state index is -3.04. The van der Waals surface area contributed by atoms with Gasteiger partial charge in [0, 0.05) is 7.05 Å². The molecule has 158 valence electrons. The number of halogens is 4. The highest BCUT2D eigenvalue weighted by atomic mass is 35.5. The Morgan fingerprint density at radius 2 is 2.00 bits per heavy atom. The van der Waals surface area contributed by atoms with Crippen molar-refractivity contribution in [1.29, 1.82) is 0 Å². The van der Waals surface area contributed by atoms with E-state index in [0.717, 1.165) is 5.56 Å². The number of guanidine groups is 1. The number of ether oxygens (including phenoxy) is 1. The first kappa shape index (κ1) is 21.7. The highest BCUT2D eigenvalue weighted by molar-refractivity contribution is 6.32. The summed E-state index contributed by atoms with van der Waals surface area (Å²) >= 11 is 6.13. The molecule has 30 heavy (non-hydrogen) atoms. The number of carbonyl (C=O) groups is 1. The lowest BCUT2D eigenvalue weighted by atomic mass is 9.82. The van der Waals surface area contributed by atoms with E-state index < -0.39 is 24.7 Å². The average molecular weight is 438 g/mol. The van der Waals surface area contributed by atoms with E-state index in [1.165, 1.54) is 30.1 Å². The molecule has 3 rings (SSSR count). The van der Waals surface area contributed by atoms with Crippen molar-refractivity contribution < 1.29 is 22.7 Å². The second-order valence-corrected chi connectivity index (χ2v) is 6.98. The third-order valence-electron chi connectivity index (χ3n) is 4.70. The zero-order valence-corrected chi connectivity index (χ0v) is 16.7. The van der Waals surface area contributed by atoms with Gasteiger partial charge in [-0.3, -0.25) is 14.1 Å². The van der Waals surface area contributed by atoms with E-state index in [1.807, 2.05) is 0 Å². The number of likely N-dealkylation sites (N-methyl/N-ethyl adjacent to an activating group) is 1. The summed E-state index contributed by atoms with van der Waals surface area (Å²) in [5, 5.41) is -0.0951. The first-order valence-corrected chi connectivity index (χ1v) is 9.38. The molecule has 0 aromatic heterocycles. The van der Waals surface area contributed by atoms with Gasteiger partial charge in [-0.25, -0.2) is 4.99 Å². The summed E-state index contributed by atoms with van der Waals surface area (Å²) in [6.07, 6.45) is 3.68. The maximum absolute atomic E-state index is 13.3. The number of carbonyl (C=O) groups excluding carboxylic acids is 1. The van der Waals surface area contributed by atoms with Crippen LogP contribution < -0.4 is 10.5 Å². The van der Waals surface area contributed by atoms with Gasteiger partial charge in [-0.05, 0) is 41.3 Å². The molecule has 1 aliphatic heterocycles. The summed E-state index contributed by atoms with van der Waals surface area (Å²) < 4.78 is 41.9. The Hall–Kier alpha value is -3.00. The van der Waals surface area contributed by atoms with Crippen molar-refractivity contribution in [3.63, 3.8) is 0 Å². The van der Waals surface area contributed by atoms with Gasteiger partial charge in [0.1, 0.15) is 5.75 Å². The molecule has 5 nitrogen and oxygen atoms in total. The van der Waals surface area contributed by atoms with Crippen LogP contribution in [0.25, 0.3) is 6.08 Å². The third kappa shape index (κ3) is 4.00. The fraction of sp³-hybridized carbons (Fsp3) is 0.238. The van der Waals surface area contributed by atoms with Crippen LogP contribution in [-0.2, 0) is 10.3 Å². The predicted octanol–water partition coefficient (Wildman–Crippen LogP) is 4.34. The Kier molecular flexibility index (Phi) is 6.36. The molecule has 2 N–H and O–H groups in total. The molecule has 1 unspecified atom stereocenters. The van der Waals surface area contributed by atoms with Gasteiger partial charge in [0.15, 0.2) is 11.5 Å². The van der Waals surface area contributed by atoms with Gasteiger partial charge >= 0.3 is 6.61 Å². The minimum absolute atomic E-state index is 0.00223. The van der Waals surface area contributed by atoms with Crippen LogP contribution in [0.5, 0.6) is 5.75 Å². The summed E-state index contributed by atoms with van der Waals surface area (Å²) in [7, 11) is 1.49. The van der Waals surface area contributed by atoms with Crippen LogP contribution in [0.4, 0.5) is 13.2 Å². The number of nitrogens with two attached hydrogens (primary N) is 1. The monoisotopic (exact) mass is 437 g/mol. The van der Waals surface area contributed by atoms with E-state index in [-0.39, 0.29) is 23.2 Å². The van der Waals surface area contributed by atoms with Crippen LogP contribution in [0.2, 0.25) is 5.02 Å². The van der Waals surface area contributed by atoms with Gasteiger partial charge in [0.05, 0.1) is 11.7 Å². The van der Waals surface area contributed by atoms with Gasteiger partial charge < -0.3 is 10.5 Å². The Bertz CT molecular complexity index is 1010. The summed E-state index contributed by atoms with van der Waals surface area (Å²) in [5.41, 5.74) is 5.97. The molecular weight excluding hydrogens is 419 g/mol. The predicted molar refractivity (Wildman–Crippen MR) is 109 cm³/mol. The van der Waals surface area contributed by atoms with Gasteiger partial charge in [-0.2, -0.15) is 8.78 Å². The highest BCUT2D eigenvalue weighted by Crippen LogP contribution is 2.42. The van der Waals surface area contributed by atoms with E-state index in [1.54, 1.807) is 36.4 Å². The summed E-state index contributed by atoms with van der Waals surface area (Å²) in [6, 6.07) is 11.0. The molecule has 0 bridgehead atoms. The number of hydrogen-bond donors (Lipinski definition) is 1. The molecule has 9 heteroatoms. The molecule has 0 fully saturated rings. The van der Waals surface area contributed by atoms with Crippen LogP contribution in [0.15, 0.2) is 53.5 Å². The molecule has 1 amide bonds. The standard InChI is InChI=1S/C21H19ClF3N3O2/c1-28-18(29)21(27-20(28)26,14-7-4-6-13(11-14)5-2-3-10-23)15-8-9-17(16(22)12-15)30-19(24)25/h2,4-9,11-12,19H,3,10H2,1H3,(H2,26,27). The zero-order chi connectivity index (χ0) is 21.9. The fourth-order valence-electron chi connectivity index (χ4n) is 3.25. The minimum Gasteiger partial charge on any atom is -0.433 e. The molecule has 0 spiro atoms. The van der Waals surface area contributed by atoms with Gasteiger partial charge in [-0.1, -0.05) is 48.0 Å². The van der Waals surface area contributed by atoms with Crippen molar-refractivity contribution >= 4 is 29.5 Å². The Morgan fingerprint density at radius 3 is 2.60 bits per heavy atom. The highest BCUT2D eigenvalue weighted by Gasteiger charge is 2.49. The van der Waals surface area contributed by atoms with E-state index in [0.29, 0.717) is 11.1 Å². The van der Waals surface area contributed by atoms with Gasteiger partial charge in [0.2, 0.25) is 0 Å². The molecule has 0 aliphatic carbocycles. The quantitative estimate of drug-likeness (QED) is 0.700. The average Bonchev–Trinajstić information content (AvgIpc) is 2.94. The number of rotatable bonds is 7. The van der Waals surface area contributed by atoms with Crippen LogP contribution >= 0.6 is 11.6 Å². The van der Waals surface area contributed by atoms with E-state index in [4.69, 9.17) is 17.3 Å². The zero-order valence-electron chi connectivity index (χ0n) is 16.0. The topological polar surface area (TPSA) is 67.9 Å². The number of hydrogen-bond acceptors (Lipinski definition) is 4. The lowest BCUT2D eigenvalue weighted by Gasteiger charge is -2.27. The third-order valence-corrected chi connectivity index (χ3v) is 4.99. The first-order chi connectivity index (χ1) is 14.3. The number of amides is 1. The SMILES string of the molecule is CN1C(=O)C(c2cccc(C=CCCF)c2)(c2ccc(OC(F)F)c(Cl)c2)N=C1N. The van der Waals surface area contributed by atoms with E-state index >= 15 is 0 Å². The molecule has 2 aromatic rings. The van der Waals surface area contributed by atoms with Gasteiger partial charge in [-0.15, -0.1) is 0 Å². The van der Waals surface area contributed by atoms with Gasteiger partial charge in [0.25, 0.3) is 5.91 Å². The maximum Gasteiger partial charge on any atom is 0.387 e. The molecule has 0 radical (unpaired) electrons. The molecule has 0 saturated heterocycles. The van der Waals surface area contributed by atoms with Crippen molar-refractivity contribution in [2.45, 2.75) is 18.6 Å². The number of nitrogens with zero attached hydrogens (tertiary/aromatic N) is 2. The summed E-state index contributed by atoms with van der Waals surface area (Å²) in [4.78, 5) is 18.9. The lowest BCUT2D eigenvalue weighted by molar-refractivity contribution is -0.129. The largest absolute Gasteiger partial charge is 0.433 e. The van der Waals surface area contributed by atoms with Crippen molar-refractivity contribution in [3.05, 3.63) is 70.3 Å².